The van der Waals surface area contributed by atoms with Gasteiger partial charge in [0, 0.05) is 25.4 Å². The predicted octanol–water partition coefficient (Wildman–Crippen LogP) is 3.03. The normalized spacial score (nSPS) is 27.9. The van der Waals surface area contributed by atoms with Gasteiger partial charge in [-0.05, 0) is 48.6 Å². The largest absolute Gasteiger partial charge is 0.365 e. The zero-order valence-electron chi connectivity index (χ0n) is 11.9. The minimum absolute atomic E-state index is 0.581. The molecule has 0 aliphatic heterocycles. The van der Waals surface area contributed by atoms with Crippen LogP contribution in [-0.4, -0.2) is 15.8 Å². The first kappa shape index (κ1) is 12.0. The van der Waals surface area contributed by atoms with Crippen LogP contribution in [0.3, 0.4) is 0 Å². The SMILES string of the molecule is Cn1ccc(NC2C3CCC2Cc2ccccc2C3)n1. The molecule has 2 aliphatic carbocycles. The Hall–Kier alpha value is -1.77. The van der Waals surface area contributed by atoms with E-state index in [0.717, 1.165) is 17.7 Å². The molecule has 0 saturated heterocycles. The molecule has 3 nitrogen and oxygen atoms in total. The predicted molar refractivity (Wildman–Crippen MR) is 80.7 cm³/mol. The topological polar surface area (TPSA) is 29.9 Å². The fraction of sp³-hybridized carbons (Fsp3) is 0.471. The molecular formula is C17H21N3. The highest BCUT2D eigenvalue weighted by Crippen LogP contribution is 2.41. The number of benzene rings is 1. The molecule has 3 heteroatoms. The van der Waals surface area contributed by atoms with E-state index in [0.29, 0.717) is 6.04 Å². The van der Waals surface area contributed by atoms with Crippen molar-refractivity contribution in [3.8, 4) is 0 Å². The van der Waals surface area contributed by atoms with Crippen molar-refractivity contribution in [1.29, 1.82) is 0 Å². The molecule has 0 radical (unpaired) electrons. The third kappa shape index (κ3) is 2.01. The number of fused-ring (bicyclic) bond motifs is 3. The third-order valence-electron chi connectivity index (χ3n) is 5.03. The number of hydrogen-bond acceptors (Lipinski definition) is 2. The Morgan fingerprint density at radius 1 is 1.05 bits per heavy atom. The first-order valence-electron chi connectivity index (χ1n) is 7.62. The van der Waals surface area contributed by atoms with E-state index < -0.39 is 0 Å². The first-order chi connectivity index (χ1) is 9.79. The van der Waals surface area contributed by atoms with Gasteiger partial charge in [-0.25, -0.2) is 0 Å². The molecule has 1 aromatic heterocycles. The Bertz CT molecular complexity index is 583. The molecule has 1 heterocycles. The second-order valence-corrected chi connectivity index (χ2v) is 6.32. The number of hydrogen-bond donors (Lipinski definition) is 1. The Labute approximate surface area is 120 Å². The summed E-state index contributed by atoms with van der Waals surface area (Å²) >= 11 is 0. The summed E-state index contributed by atoms with van der Waals surface area (Å²) in [5.41, 5.74) is 3.13. The molecule has 2 aliphatic rings. The molecule has 20 heavy (non-hydrogen) atoms. The van der Waals surface area contributed by atoms with Crippen molar-refractivity contribution in [2.45, 2.75) is 31.7 Å². The van der Waals surface area contributed by atoms with Gasteiger partial charge in [0.25, 0.3) is 0 Å². The smallest absolute Gasteiger partial charge is 0.148 e. The molecule has 1 saturated carbocycles. The number of nitrogens with zero attached hydrogens (tertiary/aromatic N) is 2. The van der Waals surface area contributed by atoms with Crippen LogP contribution in [0.1, 0.15) is 24.0 Å². The van der Waals surface area contributed by atoms with E-state index in [1.165, 1.54) is 25.7 Å². The first-order valence-corrected chi connectivity index (χ1v) is 7.62. The van der Waals surface area contributed by atoms with Gasteiger partial charge < -0.3 is 5.32 Å². The van der Waals surface area contributed by atoms with Crippen LogP contribution >= 0.6 is 0 Å². The lowest BCUT2D eigenvalue weighted by Crippen LogP contribution is -2.31. The maximum Gasteiger partial charge on any atom is 0.148 e. The average molecular weight is 267 g/mol. The Balaban J connectivity index is 1.60. The summed E-state index contributed by atoms with van der Waals surface area (Å²) in [4.78, 5) is 0. The molecular weight excluding hydrogens is 246 g/mol. The molecule has 1 N–H and O–H groups in total. The van der Waals surface area contributed by atoms with Crippen LogP contribution in [0.25, 0.3) is 0 Å². The van der Waals surface area contributed by atoms with Crippen molar-refractivity contribution in [3.05, 3.63) is 47.7 Å². The summed E-state index contributed by atoms with van der Waals surface area (Å²) in [5, 5.41) is 8.19. The minimum atomic E-state index is 0.581. The quantitative estimate of drug-likeness (QED) is 0.906. The number of anilines is 1. The van der Waals surface area contributed by atoms with E-state index in [1.807, 2.05) is 17.9 Å². The van der Waals surface area contributed by atoms with Gasteiger partial charge in [0.2, 0.25) is 0 Å². The highest BCUT2D eigenvalue weighted by Gasteiger charge is 2.39. The van der Waals surface area contributed by atoms with E-state index >= 15 is 0 Å². The number of nitrogens with one attached hydrogen (secondary N) is 1. The molecule has 2 bridgehead atoms. The van der Waals surface area contributed by atoms with Gasteiger partial charge in [0.15, 0.2) is 0 Å². The lowest BCUT2D eigenvalue weighted by molar-refractivity contribution is 0.448. The van der Waals surface area contributed by atoms with Crippen molar-refractivity contribution >= 4 is 5.82 Å². The summed E-state index contributed by atoms with van der Waals surface area (Å²) in [6.45, 7) is 0. The minimum Gasteiger partial charge on any atom is -0.365 e. The summed E-state index contributed by atoms with van der Waals surface area (Å²) < 4.78 is 1.87. The van der Waals surface area contributed by atoms with Crippen LogP contribution in [0.5, 0.6) is 0 Å². The summed E-state index contributed by atoms with van der Waals surface area (Å²) in [6, 6.07) is 11.6. The van der Waals surface area contributed by atoms with Crippen LogP contribution in [0, 0.1) is 11.8 Å². The zero-order valence-corrected chi connectivity index (χ0v) is 11.9. The Kier molecular flexibility index (Phi) is 2.79. The molecule has 2 atom stereocenters. The number of aryl methyl sites for hydroxylation is 1. The lowest BCUT2D eigenvalue weighted by atomic mass is 9.94. The van der Waals surface area contributed by atoms with Gasteiger partial charge in [-0.15, -0.1) is 0 Å². The summed E-state index contributed by atoms with van der Waals surface area (Å²) in [5.74, 6) is 2.54. The molecule has 4 rings (SSSR count). The van der Waals surface area contributed by atoms with E-state index in [2.05, 4.69) is 40.7 Å². The summed E-state index contributed by atoms with van der Waals surface area (Å²) in [7, 11) is 1.97. The van der Waals surface area contributed by atoms with Gasteiger partial charge in [-0.2, -0.15) is 5.10 Å². The zero-order chi connectivity index (χ0) is 13.5. The highest BCUT2D eigenvalue weighted by molar-refractivity contribution is 5.37. The van der Waals surface area contributed by atoms with Crippen molar-refractivity contribution in [1.82, 2.24) is 9.78 Å². The standard InChI is InChI=1S/C17H21N3/c1-20-9-8-16(19-20)18-17-14-6-7-15(17)11-13-5-3-2-4-12(13)10-14/h2-5,8-9,14-15,17H,6-7,10-11H2,1H3,(H,18,19). The monoisotopic (exact) mass is 267 g/mol. The third-order valence-corrected chi connectivity index (χ3v) is 5.03. The van der Waals surface area contributed by atoms with E-state index in [1.54, 1.807) is 11.1 Å². The van der Waals surface area contributed by atoms with E-state index in [4.69, 9.17) is 0 Å². The van der Waals surface area contributed by atoms with Crippen molar-refractivity contribution < 1.29 is 0 Å². The van der Waals surface area contributed by atoms with Gasteiger partial charge in [-0.1, -0.05) is 24.3 Å². The van der Waals surface area contributed by atoms with Crippen molar-refractivity contribution in [3.63, 3.8) is 0 Å². The Morgan fingerprint density at radius 3 is 2.25 bits per heavy atom. The van der Waals surface area contributed by atoms with Gasteiger partial charge in [-0.3, -0.25) is 4.68 Å². The van der Waals surface area contributed by atoms with E-state index in [9.17, 15) is 0 Å². The molecule has 0 spiro atoms. The van der Waals surface area contributed by atoms with Crippen molar-refractivity contribution in [2.24, 2.45) is 18.9 Å². The molecule has 2 unspecified atom stereocenters. The molecule has 2 aromatic rings. The lowest BCUT2D eigenvalue weighted by Gasteiger charge is -2.23. The van der Waals surface area contributed by atoms with Crippen LogP contribution < -0.4 is 5.32 Å². The molecule has 1 aromatic carbocycles. The van der Waals surface area contributed by atoms with Crippen LogP contribution in [0.4, 0.5) is 5.82 Å². The average Bonchev–Trinajstić information content (AvgIpc) is 2.95. The molecule has 104 valence electrons. The van der Waals surface area contributed by atoms with Gasteiger partial charge in [0.1, 0.15) is 5.82 Å². The molecule has 0 amide bonds. The van der Waals surface area contributed by atoms with Gasteiger partial charge >= 0.3 is 0 Å². The van der Waals surface area contributed by atoms with Crippen LogP contribution in [-0.2, 0) is 19.9 Å². The Morgan fingerprint density at radius 2 is 1.70 bits per heavy atom. The fourth-order valence-corrected chi connectivity index (χ4v) is 4.05. The maximum absolute atomic E-state index is 4.49. The van der Waals surface area contributed by atoms with Crippen LogP contribution in [0.2, 0.25) is 0 Å². The second-order valence-electron chi connectivity index (χ2n) is 6.32. The van der Waals surface area contributed by atoms with E-state index in [-0.39, 0.29) is 0 Å². The molecule has 1 fully saturated rings. The number of aromatic nitrogens is 2. The number of rotatable bonds is 2. The van der Waals surface area contributed by atoms with Gasteiger partial charge in [0.05, 0.1) is 0 Å². The van der Waals surface area contributed by atoms with Crippen LogP contribution in [0.15, 0.2) is 36.5 Å². The maximum atomic E-state index is 4.49. The highest BCUT2D eigenvalue weighted by atomic mass is 15.3. The fourth-order valence-electron chi connectivity index (χ4n) is 4.05. The van der Waals surface area contributed by atoms with Crippen molar-refractivity contribution in [2.75, 3.05) is 5.32 Å². The second kappa shape index (κ2) is 4.65. The summed E-state index contributed by atoms with van der Waals surface area (Å²) in [6.07, 6.45) is 7.15.